The number of hydrazine groups is 1. The van der Waals surface area contributed by atoms with Gasteiger partial charge in [-0.15, -0.1) is 6.58 Å². The second-order valence-corrected chi connectivity index (χ2v) is 8.17. The zero-order valence-electron chi connectivity index (χ0n) is 18.6. The Kier molecular flexibility index (Phi) is 10.5. The Morgan fingerprint density at radius 1 is 1.27 bits per heavy atom. The monoisotopic (exact) mass is 423 g/mol. The van der Waals surface area contributed by atoms with Gasteiger partial charge in [-0.1, -0.05) is 19.9 Å². The molecule has 1 saturated heterocycles. The predicted octanol–water partition coefficient (Wildman–Crippen LogP) is 0.701. The van der Waals surface area contributed by atoms with E-state index in [0.717, 1.165) is 19.3 Å². The predicted molar refractivity (Wildman–Crippen MR) is 115 cm³/mol. The Bertz CT molecular complexity index is 637. The first kappa shape index (κ1) is 25.6. The Balaban J connectivity index is 2.70. The van der Waals surface area contributed by atoms with Crippen molar-refractivity contribution in [3.05, 3.63) is 12.7 Å². The summed E-state index contributed by atoms with van der Waals surface area (Å²) >= 11 is 0. The summed E-state index contributed by atoms with van der Waals surface area (Å²) in [5, 5.41) is 4.06. The van der Waals surface area contributed by atoms with Gasteiger partial charge in [0.2, 0.25) is 17.7 Å². The summed E-state index contributed by atoms with van der Waals surface area (Å²) in [4.78, 5) is 51.0. The average Bonchev–Trinajstić information content (AvgIpc) is 2.70. The molecule has 0 aromatic rings. The summed E-state index contributed by atoms with van der Waals surface area (Å²) in [5.74, 6) is -1.47. The molecule has 4 amide bonds. The fraction of sp³-hybridized carbons (Fsp3) is 0.714. The molecule has 0 saturated carbocycles. The number of hydrogen-bond acceptors (Lipinski definition) is 5. The van der Waals surface area contributed by atoms with Crippen LogP contribution < -0.4 is 16.5 Å². The Morgan fingerprint density at radius 2 is 1.93 bits per heavy atom. The molecule has 3 atom stereocenters. The SMILES string of the molecule is C=CCCCCC(=O)N(C)C(C(=O)NC(C)C(=O)N1CCCC(C(N)=O)N1)C(C)C. The van der Waals surface area contributed by atoms with Crippen molar-refractivity contribution in [3.8, 4) is 0 Å². The summed E-state index contributed by atoms with van der Waals surface area (Å²) < 4.78 is 0. The molecule has 0 radical (unpaired) electrons. The van der Waals surface area contributed by atoms with Crippen LogP contribution in [-0.2, 0) is 19.2 Å². The molecule has 9 heteroatoms. The molecule has 0 aromatic carbocycles. The lowest BCUT2D eigenvalue weighted by Gasteiger charge is -2.35. The first-order valence-corrected chi connectivity index (χ1v) is 10.6. The third-order valence-corrected chi connectivity index (χ3v) is 5.28. The largest absolute Gasteiger partial charge is 0.368 e. The molecule has 4 N–H and O–H groups in total. The molecular formula is C21H37N5O4. The standard InChI is InChI=1S/C21H37N5O4/c1-6-7-8-9-12-17(27)25(5)18(14(2)3)20(29)23-15(4)21(30)26-13-10-11-16(24-26)19(22)28/h6,14-16,18,24H,1,7-13H2,2-5H3,(H2,22,28)(H,23,29). The Hall–Kier alpha value is -2.42. The third kappa shape index (κ3) is 7.44. The molecule has 1 heterocycles. The van der Waals surface area contributed by atoms with Crippen LogP contribution in [0.5, 0.6) is 0 Å². The summed E-state index contributed by atoms with van der Waals surface area (Å²) in [6.07, 6.45) is 5.85. The van der Waals surface area contributed by atoms with E-state index >= 15 is 0 Å². The lowest BCUT2D eigenvalue weighted by Crippen LogP contribution is -2.61. The number of nitrogens with zero attached hydrogens (tertiary/aromatic N) is 2. The van der Waals surface area contributed by atoms with Gasteiger partial charge in [0.1, 0.15) is 18.1 Å². The van der Waals surface area contributed by atoms with Crippen molar-refractivity contribution < 1.29 is 19.2 Å². The zero-order valence-corrected chi connectivity index (χ0v) is 18.6. The minimum absolute atomic E-state index is 0.103. The van der Waals surface area contributed by atoms with Crippen molar-refractivity contribution >= 4 is 23.6 Å². The van der Waals surface area contributed by atoms with Gasteiger partial charge in [0.15, 0.2) is 0 Å². The number of likely N-dealkylation sites (N-methyl/N-ethyl adjacent to an activating group) is 1. The van der Waals surface area contributed by atoms with Crippen LogP contribution in [0.4, 0.5) is 0 Å². The lowest BCUT2D eigenvalue weighted by molar-refractivity contribution is -0.145. The van der Waals surface area contributed by atoms with E-state index in [2.05, 4.69) is 17.3 Å². The Morgan fingerprint density at radius 3 is 2.50 bits per heavy atom. The molecular weight excluding hydrogens is 386 g/mol. The molecule has 9 nitrogen and oxygen atoms in total. The van der Waals surface area contributed by atoms with Gasteiger partial charge >= 0.3 is 0 Å². The normalized spacial score (nSPS) is 18.4. The lowest BCUT2D eigenvalue weighted by atomic mass is 10.0. The first-order valence-electron chi connectivity index (χ1n) is 10.6. The quantitative estimate of drug-likeness (QED) is 0.333. The number of carbonyl (C=O) groups is 4. The van der Waals surface area contributed by atoms with Crippen LogP contribution in [0.1, 0.15) is 59.3 Å². The molecule has 1 aliphatic rings. The molecule has 3 unspecified atom stereocenters. The number of allylic oxidation sites excluding steroid dienone is 1. The summed E-state index contributed by atoms with van der Waals surface area (Å²) in [6.45, 7) is 9.41. The smallest absolute Gasteiger partial charge is 0.258 e. The van der Waals surface area contributed by atoms with Crippen LogP contribution in [0.25, 0.3) is 0 Å². The van der Waals surface area contributed by atoms with E-state index in [-0.39, 0.29) is 23.6 Å². The highest BCUT2D eigenvalue weighted by atomic mass is 16.2. The van der Waals surface area contributed by atoms with Gasteiger partial charge in [-0.2, -0.15) is 0 Å². The van der Waals surface area contributed by atoms with Crippen LogP contribution in [0.2, 0.25) is 0 Å². The van der Waals surface area contributed by atoms with Gasteiger partial charge < -0.3 is 16.0 Å². The molecule has 30 heavy (non-hydrogen) atoms. The van der Waals surface area contributed by atoms with E-state index in [1.807, 2.05) is 19.9 Å². The number of nitrogens with two attached hydrogens (primary N) is 1. The number of nitrogens with one attached hydrogen (secondary N) is 2. The van der Waals surface area contributed by atoms with Crippen LogP contribution in [0, 0.1) is 5.92 Å². The van der Waals surface area contributed by atoms with Crippen molar-refractivity contribution in [1.82, 2.24) is 20.7 Å². The fourth-order valence-corrected chi connectivity index (χ4v) is 3.57. The molecule has 0 aliphatic carbocycles. The highest BCUT2D eigenvalue weighted by Gasteiger charge is 2.33. The van der Waals surface area contributed by atoms with Crippen molar-refractivity contribution in [2.75, 3.05) is 13.6 Å². The van der Waals surface area contributed by atoms with Crippen LogP contribution in [0.15, 0.2) is 12.7 Å². The third-order valence-electron chi connectivity index (χ3n) is 5.28. The van der Waals surface area contributed by atoms with E-state index < -0.39 is 24.0 Å². The molecule has 1 rings (SSSR count). The maximum Gasteiger partial charge on any atom is 0.258 e. The van der Waals surface area contributed by atoms with Crippen molar-refractivity contribution in [2.24, 2.45) is 11.7 Å². The summed E-state index contributed by atoms with van der Waals surface area (Å²) in [6, 6.07) is -2.09. The van der Waals surface area contributed by atoms with Crippen LogP contribution in [0.3, 0.4) is 0 Å². The van der Waals surface area contributed by atoms with E-state index in [1.165, 1.54) is 9.91 Å². The maximum absolute atomic E-state index is 12.9. The van der Waals surface area contributed by atoms with Gasteiger partial charge in [-0.25, -0.2) is 5.43 Å². The molecule has 0 aromatic heterocycles. The Labute approximate surface area is 179 Å². The van der Waals surface area contributed by atoms with Gasteiger partial charge in [0, 0.05) is 20.0 Å². The van der Waals surface area contributed by atoms with E-state index in [0.29, 0.717) is 25.8 Å². The molecule has 1 fully saturated rings. The summed E-state index contributed by atoms with van der Waals surface area (Å²) in [7, 11) is 1.62. The number of carbonyl (C=O) groups excluding carboxylic acids is 4. The zero-order chi connectivity index (χ0) is 22.8. The highest BCUT2D eigenvalue weighted by molar-refractivity contribution is 5.92. The number of hydrogen-bond donors (Lipinski definition) is 3. The number of amides is 4. The molecule has 0 bridgehead atoms. The fourth-order valence-electron chi connectivity index (χ4n) is 3.57. The van der Waals surface area contributed by atoms with Crippen molar-refractivity contribution in [3.63, 3.8) is 0 Å². The van der Waals surface area contributed by atoms with E-state index in [9.17, 15) is 19.2 Å². The maximum atomic E-state index is 12.9. The van der Waals surface area contributed by atoms with E-state index in [4.69, 9.17) is 5.73 Å². The highest BCUT2D eigenvalue weighted by Crippen LogP contribution is 2.14. The minimum Gasteiger partial charge on any atom is -0.368 e. The van der Waals surface area contributed by atoms with Crippen LogP contribution in [-0.4, -0.2) is 65.3 Å². The van der Waals surface area contributed by atoms with Crippen molar-refractivity contribution in [1.29, 1.82) is 0 Å². The van der Waals surface area contributed by atoms with Crippen LogP contribution >= 0.6 is 0 Å². The number of unbranched alkanes of at least 4 members (excludes halogenated alkanes) is 2. The van der Waals surface area contributed by atoms with Gasteiger partial charge in [0.25, 0.3) is 5.91 Å². The van der Waals surface area contributed by atoms with E-state index in [1.54, 1.807) is 14.0 Å². The number of primary amides is 1. The molecule has 1 aliphatic heterocycles. The second kappa shape index (κ2) is 12.3. The topological polar surface area (TPSA) is 125 Å². The second-order valence-electron chi connectivity index (χ2n) is 8.17. The van der Waals surface area contributed by atoms with Gasteiger partial charge in [-0.3, -0.25) is 24.2 Å². The number of rotatable bonds is 11. The average molecular weight is 424 g/mol. The molecule has 0 spiro atoms. The summed E-state index contributed by atoms with van der Waals surface area (Å²) in [5.41, 5.74) is 8.14. The minimum atomic E-state index is -0.811. The van der Waals surface area contributed by atoms with Gasteiger partial charge in [0.05, 0.1) is 0 Å². The van der Waals surface area contributed by atoms with Crippen molar-refractivity contribution in [2.45, 2.75) is 77.4 Å². The van der Waals surface area contributed by atoms with Gasteiger partial charge in [-0.05, 0) is 44.9 Å². The molecule has 170 valence electrons. The first-order chi connectivity index (χ1) is 14.1.